The van der Waals surface area contributed by atoms with Crippen LogP contribution in [0.5, 0.6) is 0 Å². The first-order valence-electron chi connectivity index (χ1n) is 7.95. The fourth-order valence-corrected chi connectivity index (χ4v) is 2.42. The Morgan fingerprint density at radius 2 is 1.58 bits per heavy atom. The zero-order chi connectivity index (χ0) is 19.1. The Morgan fingerprint density at radius 1 is 0.962 bits per heavy atom. The molecule has 2 aromatic rings. The molecule has 0 bridgehead atoms. The minimum Gasteiger partial charge on any atom is -0.370 e. The van der Waals surface area contributed by atoms with Crippen LogP contribution in [0.2, 0.25) is 0 Å². The predicted octanol–water partition coefficient (Wildman–Crippen LogP) is -0.196. The SMILES string of the molecule is NC(=O)[C@@H](NC(=O)[C@@H](N)Cc1ccc(N=C(N)N)cc1)c1ccccc1. The van der Waals surface area contributed by atoms with E-state index in [-0.39, 0.29) is 12.4 Å². The second-order valence-electron chi connectivity index (χ2n) is 5.77. The van der Waals surface area contributed by atoms with Gasteiger partial charge in [0.25, 0.3) is 0 Å². The topological polar surface area (TPSA) is 163 Å². The molecule has 2 aromatic carbocycles. The molecule has 9 N–H and O–H groups in total. The van der Waals surface area contributed by atoms with Crippen LogP contribution in [0.3, 0.4) is 0 Å². The molecule has 26 heavy (non-hydrogen) atoms. The second-order valence-corrected chi connectivity index (χ2v) is 5.77. The Hall–Kier alpha value is -3.39. The van der Waals surface area contributed by atoms with Gasteiger partial charge in [-0.3, -0.25) is 9.59 Å². The maximum atomic E-state index is 12.3. The summed E-state index contributed by atoms with van der Waals surface area (Å²) in [6, 6.07) is 14.0. The smallest absolute Gasteiger partial charge is 0.244 e. The number of nitrogens with two attached hydrogens (primary N) is 4. The van der Waals surface area contributed by atoms with Crippen molar-refractivity contribution in [2.45, 2.75) is 18.5 Å². The molecule has 0 spiro atoms. The lowest BCUT2D eigenvalue weighted by atomic mass is 10.0. The summed E-state index contributed by atoms with van der Waals surface area (Å²) >= 11 is 0. The highest BCUT2D eigenvalue weighted by Gasteiger charge is 2.23. The molecular formula is C18H22N6O2. The summed E-state index contributed by atoms with van der Waals surface area (Å²) in [6.45, 7) is 0. The van der Waals surface area contributed by atoms with Gasteiger partial charge in [-0.1, -0.05) is 42.5 Å². The summed E-state index contributed by atoms with van der Waals surface area (Å²) in [7, 11) is 0. The highest BCUT2D eigenvalue weighted by Crippen LogP contribution is 2.15. The number of rotatable bonds is 7. The van der Waals surface area contributed by atoms with E-state index >= 15 is 0 Å². The largest absolute Gasteiger partial charge is 0.370 e. The van der Waals surface area contributed by atoms with Crippen LogP contribution in [0.25, 0.3) is 0 Å². The molecule has 0 aliphatic rings. The van der Waals surface area contributed by atoms with Crippen molar-refractivity contribution in [1.29, 1.82) is 0 Å². The van der Waals surface area contributed by atoms with E-state index in [1.807, 2.05) is 0 Å². The number of amides is 2. The fourth-order valence-electron chi connectivity index (χ4n) is 2.42. The molecule has 136 valence electrons. The lowest BCUT2D eigenvalue weighted by Crippen LogP contribution is -2.46. The van der Waals surface area contributed by atoms with Crippen LogP contribution in [0.4, 0.5) is 5.69 Å². The van der Waals surface area contributed by atoms with Crippen molar-refractivity contribution in [2.24, 2.45) is 27.9 Å². The molecule has 2 atom stereocenters. The quantitative estimate of drug-likeness (QED) is 0.343. The maximum absolute atomic E-state index is 12.3. The van der Waals surface area contributed by atoms with Crippen molar-refractivity contribution in [3.8, 4) is 0 Å². The van der Waals surface area contributed by atoms with Gasteiger partial charge in [0.15, 0.2) is 5.96 Å². The summed E-state index contributed by atoms with van der Waals surface area (Å²) in [5.74, 6) is -1.16. The van der Waals surface area contributed by atoms with Crippen LogP contribution in [-0.2, 0) is 16.0 Å². The number of guanidine groups is 1. The van der Waals surface area contributed by atoms with Gasteiger partial charge >= 0.3 is 0 Å². The summed E-state index contributed by atoms with van der Waals surface area (Å²) in [5.41, 5.74) is 24.0. The summed E-state index contributed by atoms with van der Waals surface area (Å²) in [6.07, 6.45) is 0.286. The molecule has 8 nitrogen and oxygen atoms in total. The summed E-state index contributed by atoms with van der Waals surface area (Å²) < 4.78 is 0. The maximum Gasteiger partial charge on any atom is 0.244 e. The van der Waals surface area contributed by atoms with Crippen LogP contribution in [0, 0.1) is 0 Å². The minimum atomic E-state index is -0.931. The number of nitrogens with one attached hydrogen (secondary N) is 1. The molecule has 0 unspecified atom stereocenters. The molecule has 0 saturated heterocycles. The van der Waals surface area contributed by atoms with Crippen LogP contribution in [0.1, 0.15) is 17.2 Å². The van der Waals surface area contributed by atoms with Gasteiger partial charge in [-0.15, -0.1) is 0 Å². The number of carbonyl (C=O) groups excluding carboxylic acids is 2. The number of hydrogen-bond acceptors (Lipinski definition) is 4. The van der Waals surface area contributed by atoms with Gasteiger partial charge in [-0.2, -0.15) is 0 Å². The minimum absolute atomic E-state index is 0.0350. The normalized spacial score (nSPS) is 12.7. The fraction of sp³-hybridized carbons (Fsp3) is 0.167. The number of primary amides is 1. The third-order valence-electron chi connectivity index (χ3n) is 3.69. The van der Waals surface area contributed by atoms with Gasteiger partial charge in [0.1, 0.15) is 6.04 Å². The van der Waals surface area contributed by atoms with Gasteiger partial charge in [-0.25, -0.2) is 4.99 Å². The highest BCUT2D eigenvalue weighted by molar-refractivity contribution is 5.89. The zero-order valence-electron chi connectivity index (χ0n) is 14.1. The lowest BCUT2D eigenvalue weighted by Gasteiger charge is -2.19. The van der Waals surface area contributed by atoms with Crippen LogP contribution in [-0.4, -0.2) is 23.8 Å². The number of nitrogens with zero attached hydrogens (tertiary/aromatic N) is 1. The molecule has 0 heterocycles. The number of hydrogen-bond donors (Lipinski definition) is 5. The Morgan fingerprint density at radius 3 is 2.12 bits per heavy atom. The Balaban J connectivity index is 2.02. The Bertz CT molecular complexity index is 785. The molecule has 0 aromatic heterocycles. The van der Waals surface area contributed by atoms with Gasteiger partial charge < -0.3 is 28.3 Å². The zero-order valence-corrected chi connectivity index (χ0v) is 14.1. The molecule has 2 rings (SSSR count). The van der Waals surface area contributed by atoms with Gasteiger partial charge in [-0.05, 0) is 29.7 Å². The van der Waals surface area contributed by atoms with Crippen molar-refractivity contribution in [3.63, 3.8) is 0 Å². The Labute approximate surface area is 151 Å². The average molecular weight is 354 g/mol. The van der Waals surface area contributed by atoms with Gasteiger partial charge in [0.05, 0.1) is 11.7 Å². The van der Waals surface area contributed by atoms with E-state index in [2.05, 4.69) is 10.3 Å². The standard InChI is InChI=1S/C18H22N6O2/c19-14(10-11-6-8-13(9-7-11)23-18(21)22)17(26)24-15(16(20)25)12-4-2-1-3-5-12/h1-9,14-15H,10,19H2,(H2,20,25)(H,24,26)(H4,21,22,23)/t14-,15-/m0/s1. The van der Waals surface area contributed by atoms with E-state index in [0.29, 0.717) is 11.3 Å². The van der Waals surface area contributed by atoms with E-state index in [0.717, 1.165) is 5.56 Å². The van der Waals surface area contributed by atoms with E-state index in [9.17, 15) is 9.59 Å². The lowest BCUT2D eigenvalue weighted by molar-refractivity contribution is -0.128. The van der Waals surface area contributed by atoms with E-state index < -0.39 is 23.9 Å². The van der Waals surface area contributed by atoms with Crippen molar-refractivity contribution in [2.75, 3.05) is 0 Å². The van der Waals surface area contributed by atoms with Gasteiger partial charge in [0, 0.05) is 0 Å². The van der Waals surface area contributed by atoms with E-state index in [1.54, 1.807) is 54.6 Å². The Kier molecular flexibility index (Phi) is 6.29. The van der Waals surface area contributed by atoms with Crippen LogP contribution >= 0.6 is 0 Å². The molecule has 0 aliphatic carbocycles. The first kappa shape index (κ1) is 18.9. The highest BCUT2D eigenvalue weighted by atomic mass is 16.2. The summed E-state index contributed by atoms with van der Waals surface area (Å²) in [4.78, 5) is 27.9. The second kappa shape index (κ2) is 8.63. The molecule has 8 heteroatoms. The predicted molar refractivity (Wildman–Crippen MR) is 100 cm³/mol. The third-order valence-corrected chi connectivity index (χ3v) is 3.69. The third kappa shape index (κ3) is 5.32. The molecule has 2 amide bonds. The number of benzene rings is 2. The van der Waals surface area contributed by atoms with E-state index in [4.69, 9.17) is 22.9 Å². The molecule has 0 aliphatic heterocycles. The van der Waals surface area contributed by atoms with Crippen molar-refractivity contribution in [3.05, 3.63) is 65.7 Å². The number of carbonyl (C=O) groups is 2. The first-order valence-corrected chi connectivity index (χ1v) is 7.95. The molecule has 0 radical (unpaired) electrons. The summed E-state index contributed by atoms with van der Waals surface area (Å²) in [5, 5.41) is 2.60. The van der Waals surface area contributed by atoms with Crippen molar-refractivity contribution in [1.82, 2.24) is 5.32 Å². The first-order chi connectivity index (χ1) is 12.4. The molecular weight excluding hydrogens is 332 g/mol. The molecule has 0 saturated carbocycles. The van der Waals surface area contributed by atoms with Crippen LogP contribution < -0.4 is 28.3 Å². The monoisotopic (exact) mass is 354 g/mol. The van der Waals surface area contributed by atoms with Crippen molar-refractivity contribution >= 4 is 23.5 Å². The van der Waals surface area contributed by atoms with Gasteiger partial charge in [0.2, 0.25) is 11.8 Å². The van der Waals surface area contributed by atoms with Crippen molar-refractivity contribution < 1.29 is 9.59 Å². The number of aliphatic imine (C=N–C) groups is 1. The van der Waals surface area contributed by atoms with Crippen LogP contribution in [0.15, 0.2) is 59.6 Å². The van der Waals surface area contributed by atoms with E-state index in [1.165, 1.54) is 0 Å². The average Bonchev–Trinajstić information content (AvgIpc) is 2.61. The molecule has 0 fully saturated rings.